The van der Waals surface area contributed by atoms with Crippen molar-refractivity contribution in [3.63, 3.8) is 0 Å². The van der Waals surface area contributed by atoms with Crippen LogP contribution in [0.3, 0.4) is 0 Å². The normalized spacial score (nSPS) is 15.3. The standard InChI is InChI=1S/C17H18Cl2N4O/c18-13-1-3-14(4-2-13)21-17(24)12-22-7-9-23(10-8-22)15-5-6-20-16(19)11-15/h1-6,11H,7-10,12H2,(H,21,24). The average molecular weight is 365 g/mol. The molecular weight excluding hydrogens is 347 g/mol. The van der Waals surface area contributed by atoms with Gasteiger partial charge in [0.05, 0.1) is 6.54 Å². The molecule has 0 aliphatic carbocycles. The van der Waals surface area contributed by atoms with E-state index in [1.165, 1.54) is 0 Å². The van der Waals surface area contributed by atoms with Gasteiger partial charge in [-0.15, -0.1) is 0 Å². The van der Waals surface area contributed by atoms with Crippen molar-refractivity contribution >= 4 is 40.5 Å². The van der Waals surface area contributed by atoms with E-state index < -0.39 is 0 Å². The van der Waals surface area contributed by atoms with Gasteiger partial charge in [0.1, 0.15) is 5.15 Å². The minimum absolute atomic E-state index is 0.0160. The molecule has 1 aromatic heterocycles. The molecule has 0 radical (unpaired) electrons. The molecule has 0 unspecified atom stereocenters. The summed E-state index contributed by atoms with van der Waals surface area (Å²) in [6.45, 7) is 3.75. The van der Waals surface area contributed by atoms with Crippen LogP contribution in [0.1, 0.15) is 0 Å². The number of hydrogen-bond acceptors (Lipinski definition) is 4. The van der Waals surface area contributed by atoms with Crippen LogP contribution in [0, 0.1) is 0 Å². The summed E-state index contributed by atoms with van der Waals surface area (Å²) in [7, 11) is 0. The highest BCUT2D eigenvalue weighted by Crippen LogP contribution is 2.19. The van der Waals surface area contributed by atoms with E-state index in [1.54, 1.807) is 30.5 Å². The average Bonchev–Trinajstić information content (AvgIpc) is 2.58. The zero-order chi connectivity index (χ0) is 16.9. The molecule has 1 aliphatic rings. The van der Waals surface area contributed by atoms with Crippen LogP contribution < -0.4 is 10.2 Å². The van der Waals surface area contributed by atoms with Crippen molar-refractivity contribution in [1.29, 1.82) is 0 Å². The van der Waals surface area contributed by atoms with Crippen LogP contribution in [0.25, 0.3) is 0 Å². The van der Waals surface area contributed by atoms with Crippen LogP contribution in [-0.2, 0) is 4.79 Å². The number of carbonyl (C=O) groups is 1. The zero-order valence-corrected chi connectivity index (χ0v) is 14.6. The Balaban J connectivity index is 1.48. The van der Waals surface area contributed by atoms with Crippen molar-refractivity contribution in [2.24, 2.45) is 0 Å². The van der Waals surface area contributed by atoms with Gasteiger partial charge in [0.15, 0.2) is 0 Å². The first-order chi connectivity index (χ1) is 11.6. The van der Waals surface area contributed by atoms with E-state index in [-0.39, 0.29) is 5.91 Å². The molecule has 0 spiro atoms. The maximum Gasteiger partial charge on any atom is 0.238 e. The zero-order valence-electron chi connectivity index (χ0n) is 13.1. The first kappa shape index (κ1) is 17.0. The van der Waals surface area contributed by atoms with Gasteiger partial charge in [0.2, 0.25) is 5.91 Å². The SMILES string of the molecule is O=C(CN1CCN(c2ccnc(Cl)c2)CC1)Nc1ccc(Cl)cc1. The number of benzene rings is 1. The molecule has 0 atom stereocenters. The van der Waals surface area contributed by atoms with Gasteiger partial charge in [0.25, 0.3) is 0 Å². The molecule has 1 N–H and O–H groups in total. The van der Waals surface area contributed by atoms with Gasteiger partial charge in [-0.2, -0.15) is 0 Å². The quantitative estimate of drug-likeness (QED) is 0.846. The van der Waals surface area contributed by atoms with E-state index in [4.69, 9.17) is 23.2 Å². The Labute approximate surface area is 151 Å². The van der Waals surface area contributed by atoms with E-state index >= 15 is 0 Å². The Morgan fingerprint density at radius 2 is 1.79 bits per heavy atom. The van der Waals surface area contributed by atoms with Gasteiger partial charge in [-0.25, -0.2) is 4.98 Å². The molecule has 0 saturated carbocycles. The van der Waals surface area contributed by atoms with Gasteiger partial charge in [0, 0.05) is 48.8 Å². The van der Waals surface area contributed by atoms with Crippen molar-refractivity contribution in [2.45, 2.75) is 0 Å². The maximum atomic E-state index is 12.1. The Morgan fingerprint density at radius 3 is 2.46 bits per heavy atom. The van der Waals surface area contributed by atoms with E-state index in [2.05, 4.69) is 20.1 Å². The minimum Gasteiger partial charge on any atom is -0.369 e. The maximum absolute atomic E-state index is 12.1. The first-order valence-corrected chi connectivity index (χ1v) is 8.50. The number of nitrogens with zero attached hydrogens (tertiary/aromatic N) is 3. The van der Waals surface area contributed by atoms with Crippen LogP contribution in [0.4, 0.5) is 11.4 Å². The Kier molecular flexibility index (Phi) is 5.56. The molecule has 2 heterocycles. The number of carbonyl (C=O) groups excluding carboxylic acids is 1. The minimum atomic E-state index is -0.0160. The molecule has 7 heteroatoms. The number of anilines is 2. The van der Waals surface area contributed by atoms with Crippen LogP contribution in [-0.4, -0.2) is 48.5 Å². The molecule has 1 aromatic carbocycles. The smallest absolute Gasteiger partial charge is 0.238 e. The highest BCUT2D eigenvalue weighted by molar-refractivity contribution is 6.30. The van der Waals surface area contributed by atoms with Crippen molar-refractivity contribution in [1.82, 2.24) is 9.88 Å². The lowest BCUT2D eigenvalue weighted by molar-refractivity contribution is -0.117. The van der Waals surface area contributed by atoms with Gasteiger partial charge in [-0.1, -0.05) is 23.2 Å². The molecule has 3 rings (SSSR count). The number of halogens is 2. The van der Waals surface area contributed by atoms with Crippen LogP contribution in [0.5, 0.6) is 0 Å². The second-order valence-corrected chi connectivity index (χ2v) is 6.48. The predicted molar refractivity (Wildman–Crippen MR) is 98.0 cm³/mol. The third-order valence-electron chi connectivity index (χ3n) is 3.94. The third kappa shape index (κ3) is 4.60. The van der Waals surface area contributed by atoms with Gasteiger partial charge < -0.3 is 10.2 Å². The molecule has 126 valence electrons. The fraction of sp³-hybridized carbons (Fsp3) is 0.294. The predicted octanol–water partition coefficient (Wildman–Crippen LogP) is 3.15. The molecular formula is C17H18Cl2N4O. The number of rotatable bonds is 4. The lowest BCUT2D eigenvalue weighted by Crippen LogP contribution is -2.48. The summed E-state index contributed by atoms with van der Waals surface area (Å²) in [4.78, 5) is 20.5. The molecule has 1 aliphatic heterocycles. The van der Waals surface area contributed by atoms with Gasteiger partial charge in [-0.05, 0) is 36.4 Å². The Hall–Kier alpha value is -1.82. The van der Waals surface area contributed by atoms with Crippen LogP contribution >= 0.6 is 23.2 Å². The lowest BCUT2D eigenvalue weighted by Gasteiger charge is -2.35. The fourth-order valence-corrected chi connectivity index (χ4v) is 2.98. The Morgan fingerprint density at radius 1 is 1.08 bits per heavy atom. The van der Waals surface area contributed by atoms with Crippen molar-refractivity contribution in [3.8, 4) is 0 Å². The van der Waals surface area contributed by atoms with Crippen molar-refractivity contribution < 1.29 is 4.79 Å². The highest BCUT2D eigenvalue weighted by atomic mass is 35.5. The molecule has 1 amide bonds. The lowest BCUT2D eigenvalue weighted by atomic mass is 10.2. The fourth-order valence-electron chi connectivity index (χ4n) is 2.69. The number of nitrogens with one attached hydrogen (secondary N) is 1. The van der Waals surface area contributed by atoms with E-state index in [0.717, 1.165) is 37.6 Å². The second-order valence-electron chi connectivity index (χ2n) is 5.66. The summed E-state index contributed by atoms with van der Waals surface area (Å²) in [5.41, 5.74) is 1.83. The number of hydrogen-bond donors (Lipinski definition) is 1. The molecule has 24 heavy (non-hydrogen) atoms. The number of pyridine rings is 1. The first-order valence-electron chi connectivity index (χ1n) is 7.74. The number of aromatic nitrogens is 1. The summed E-state index contributed by atoms with van der Waals surface area (Å²) in [6, 6.07) is 10.9. The van der Waals surface area contributed by atoms with Crippen molar-refractivity contribution in [3.05, 3.63) is 52.8 Å². The Bertz CT molecular complexity index is 700. The molecule has 0 bridgehead atoms. The van der Waals surface area contributed by atoms with Crippen molar-refractivity contribution in [2.75, 3.05) is 42.9 Å². The second kappa shape index (κ2) is 7.83. The number of amides is 1. The monoisotopic (exact) mass is 364 g/mol. The summed E-state index contributed by atoms with van der Waals surface area (Å²) in [6.07, 6.45) is 1.71. The van der Waals surface area contributed by atoms with Crippen LogP contribution in [0.2, 0.25) is 10.2 Å². The van der Waals surface area contributed by atoms with Gasteiger partial charge >= 0.3 is 0 Å². The number of piperazine rings is 1. The molecule has 1 saturated heterocycles. The van der Waals surface area contributed by atoms with Gasteiger partial charge in [-0.3, -0.25) is 9.69 Å². The van der Waals surface area contributed by atoms with E-state index in [1.807, 2.05) is 12.1 Å². The van der Waals surface area contributed by atoms with E-state index in [9.17, 15) is 4.79 Å². The largest absolute Gasteiger partial charge is 0.369 e. The topological polar surface area (TPSA) is 48.5 Å². The van der Waals surface area contributed by atoms with E-state index in [0.29, 0.717) is 16.7 Å². The molecule has 2 aromatic rings. The summed E-state index contributed by atoms with van der Waals surface area (Å²) in [5.74, 6) is -0.0160. The summed E-state index contributed by atoms with van der Waals surface area (Å²) < 4.78 is 0. The molecule has 1 fully saturated rings. The summed E-state index contributed by atoms with van der Waals surface area (Å²) >= 11 is 11.8. The van der Waals surface area contributed by atoms with Crippen LogP contribution in [0.15, 0.2) is 42.6 Å². The molecule has 5 nitrogen and oxygen atoms in total. The third-order valence-corrected chi connectivity index (χ3v) is 4.40. The highest BCUT2D eigenvalue weighted by Gasteiger charge is 2.19. The summed E-state index contributed by atoms with van der Waals surface area (Å²) in [5, 5.41) is 4.04.